The van der Waals surface area contributed by atoms with Gasteiger partial charge in [0.05, 0.1) is 12.6 Å². The molecule has 1 aliphatic rings. The maximum absolute atomic E-state index is 12.4. The Morgan fingerprint density at radius 1 is 1.06 bits per heavy atom. The zero-order valence-electron chi connectivity index (χ0n) is 19.0. The first-order chi connectivity index (χ1) is 15.3. The van der Waals surface area contributed by atoms with Gasteiger partial charge in [-0.25, -0.2) is 4.79 Å². The Morgan fingerprint density at radius 2 is 1.72 bits per heavy atom. The van der Waals surface area contributed by atoms with Gasteiger partial charge >= 0.3 is 6.09 Å². The number of carbonyl (C=O) groups excluding carboxylic acids is 1. The third-order valence-electron chi connectivity index (χ3n) is 4.95. The molecule has 1 atom stereocenters. The van der Waals surface area contributed by atoms with Crippen molar-refractivity contribution in [2.24, 2.45) is 0 Å². The molecule has 2 aromatic rings. The fourth-order valence-electron chi connectivity index (χ4n) is 3.35. The van der Waals surface area contributed by atoms with Crippen LogP contribution in [-0.2, 0) is 11.3 Å². The number of rotatable bonds is 6. The van der Waals surface area contributed by atoms with E-state index >= 15 is 0 Å². The average molecular weight is 438 g/mol. The number of hydrogen-bond acceptors (Lipinski definition) is 5. The van der Waals surface area contributed by atoms with Gasteiger partial charge in [0.1, 0.15) is 30.3 Å². The minimum atomic E-state index is -0.504. The van der Waals surface area contributed by atoms with Gasteiger partial charge in [-0.05, 0) is 75.6 Å². The van der Waals surface area contributed by atoms with Crippen LogP contribution < -0.4 is 9.47 Å². The van der Waals surface area contributed by atoms with Crippen molar-refractivity contribution >= 4 is 6.09 Å². The van der Waals surface area contributed by atoms with E-state index in [4.69, 9.17) is 19.3 Å². The average Bonchev–Trinajstić information content (AvgIpc) is 3.24. The van der Waals surface area contributed by atoms with Gasteiger partial charge in [-0.2, -0.15) is 0 Å². The molecule has 0 aromatic heterocycles. The van der Waals surface area contributed by atoms with Crippen molar-refractivity contribution in [3.63, 3.8) is 0 Å². The summed E-state index contributed by atoms with van der Waals surface area (Å²) in [5.41, 5.74) is 1.23. The predicted octanol–water partition coefficient (Wildman–Crippen LogP) is 4.39. The third-order valence-corrected chi connectivity index (χ3v) is 4.95. The van der Waals surface area contributed by atoms with Crippen LogP contribution in [0.15, 0.2) is 48.5 Å². The van der Waals surface area contributed by atoms with Crippen molar-refractivity contribution in [1.29, 1.82) is 0 Å². The second-order valence-corrected chi connectivity index (χ2v) is 8.70. The molecule has 0 radical (unpaired) electrons. The standard InChI is InChI=1S/C26H31NO5/c1-26(2,3)32-25(29)27-16-4-7-22(27)19-31-24-14-12-23(13-15-24)30-17-5-6-20-8-10-21(18-28)11-9-20/h8-15,22,28H,4,7,16-19H2,1-3H3/t22-/m1/s1. The number of likely N-dealkylation sites (tertiary alicyclic amines) is 1. The van der Waals surface area contributed by atoms with Crippen LogP contribution in [0.2, 0.25) is 0 Å². The maximum atomic E-state index is 12.4. The predicted molar refractivity (Wildman–Crippen MR) is 123 cm³/mol. The number of benzene rings is 2. The molecule has 0 spiro atoms. The van der Waals surface area contributed by atoms with Crippen LogP contribution in [0.5, 0.6) is 11.5 Å². The Labute approximate surface area is 190 Å². The normalized spacial score (nSPS) is 15.6. The highest BCUT2D eigenvalue weighted by Gasteiger charge is 2.32. The first-order valence-corrected chi connectivity index (χ1v) is 10.9. The van der Waals surface area contributed by atoms with Crippen molar-refractivity contribution in [2.45, 2.75) is 51.9 Å². The SMILES string of the molecule is CC(C)(C)OC(=O)N1CCC[C@@H]1COc1ccc(OCC#Cc2ccc(CO)cc2)cc1. The van der Waals surface area contributed by atoms with Crippen LogP contribution in [0.25, 0.3) is 0 Å². The van der Waals surface area contributed by atoms with Gasteiger partial charge in [0.2, 0.25) is 0 Å². The Morgan fingerprint density at radius 3 is 2.34 bits per heavy atom. The summed E-state index contributed by atoms with van der Waals surface area (Å²) < 4.78 is 17.1. The maximum Gasteiger partial charge on any atom is 0.410 e. The Hall–Kier alpha value is -3.17. The molecule has 1 amide bonds. The summed E-state index contributed by atoms with van der Waals surface area (Å²) in [6, 6.07) is 14.8. The quantitative estimate of drug-likeness (QED) is 0.679. The van der Waals surface area contributed by atoms with Crippen LogP contribution in [-0.4, -0.2) is 47.5 Å². The molecule has 0 bridgehead atoms. The lowest BCUT2D eigenvalue weighted by atomic mass is 10.1. The fraction of sp³-hybridized carbons (Fsp3) is 0.423. The molecule has 32 heavy (non-hydrogen) atoms. The number of carbonyl (C=O) groups is 1. The van der Waals surface area contributed by atoms with Gasteiger partial charge in [0.25, 0.3) is 0 Å². The van der Waals surface area contributed by atoms with Crippen molar-refractivity contribution in [3.8, 4) is 23.3 Å². The number of hydrogen-bond donors (Lipinski definition) is 1. The van der Waals surface area contributed by atoms with Crippen LogP contribution in [0.1, 0.15) is 44.7 Å². The van der Waals surface area contributed by atoms with Gasteiger partial charge in [-0.1, -0.05) is 24.0 Å². The number of nitrogens with zero attached hydrogens (tertiary/aromatic N) is 1. The molecule has 0 saturated carbocycles. The molecule has 1 N–H and O–H groups in total. The number of amides is 1. The molecule has 3 rings (SSSR count). The van der Waals surface area contributed by atoms with Crippen molar-refractivity contribution in [3.05, 3.63) is 59.7 Å². The summed E-state index contributed by atoms with van der Waals surface area (Å²) >= 11 is 0. The molecule has 170 valence electrons. The molecule has 1 saturated heterocycles. The first kappa shape index (κ1) is 23.5. The fourth-order valence-corrected chi connectivity index (χ4v) is 3.35. The van der Waals surface area contributed by atoms with Gasteiger partial charge in [-0.15, -0.1) is 0 Å². The van der Waals surface area contributed by atoms with Gasteiger partial charge in [-0.3, -0.25) is 0 Å². The minimum absolute atomic E-state index is 0.0162. The van der Waals surface area contributed by atoms with E-state index in [-0.39, 0.29) is 25.3 Å². The molecule has 0 aliphatic carbocycles. The zero-order chi connectivity index (χ0) is 23.0. The van der Waals surface area contributed by atoms with E-state index in [1.54, 1.807) is 4.90 Å². The molecule has 1 heterocycles. The summed E-state index contributed by atoms with van der Waals surface area (Å²) in [6.45, 7) is 7.04. The van der Waals surface area contributed by atoms with E-state index in [1.165, 1.54) is 0 Å². The number of aliphatic hydroxyl groups is 1. The summed E-state index contributed by atoms with van der Waals surface area (Å²) in [5, 5.41) is 9.06. The summed E-state index contributed by atoms with van der Waals surface area (Å²) in [6.07, 6.45) is 1.58. The van der Waals surface area contributed by atoms with Crippen molar-refractivity contribution in [2.75, 3.05) is 19.8 Å². The molecule has 1 aliphatic heterocycles. The van der Waals surface area contributed by atoms with E-state index < -0.39 is 5.60 Å². The van der Waals surface area contributed by atoms with Crippen molar-refractivity contribution < 1.29 is 24.1 Å². The summed E-state index contributed by atoms with van der Waals surface area (Å²) in [4.78, 5) is 14.1. The lowest BCUT2D eigenvalue weighted by Crippen LogP contribution is -2.42. The zero-order valence-corrected chi connectivity index (χ0v) is 19.0. The Balaban J connectivity index is 1.44. The molecule has 6 heteroatoms. The van der Waals surface area contributed by atoms with Gasteiger partial charge in [0.15, 0.2) is 0 Å². The minimum Gasteiger partial charge on any atom is -0.491 e. The van der Waals surface area contributed by atoms with Gasteiger partial charge in [0, 0.05) is 12.1 Å². The Kier molecular flexibility index (Phi) is 8.02. The van der Waals surface area contributed by atoms with Gasteiger partial charge < -0.3 is 24.2 Å². The molecule has 6 nitrogen and oxygen atoms in total. The molecular formula is C26H31NO5. The smallest absolute Gasteiger partial charge is 0.410 e. The third kappa shape index (κ3) is 7.21. The van der Waals surface area contributed by atoms with E-state index in [0.29, 0.717) is 18.9 Å². The second kappa shape index (κ2) is 10.9. The van der Waals surface area contributed by atoms with Crippen LogP contribution in [0.3, 0.4) is 0 Å². The van der Waals surface area contributed by atoms with E-state index in [2.05, 4.69) is 11.8 Å². The lowest BCUT2D eigenvalue weighted by Gasteiger charge is -2.28. The Bertz CT molecular complexity index is 935. The summed E-state index contributed by atoms with van der Waals surface area (Å²) in [7, 11) is 0. The lowest BCUT2D eigenvalue weighted by molar-refractivity contribution is 0.0187. The molecule has 0 unspecified atom stereocenters. The monoisotopic (exact) mass is 437 g/mol. The largest absolute Gasteiger partial charge is 0.491 e. The van der Waals surface area contributed by atoms with Crippen LogP contribution in [0.4, 0.5) is 4.79 Å². The second-order valence-electron chi connectivity index (χ2n) is 8.70. The van der Waals surface area contributed by atoms with Crippen LogP contribution in [0, 0.1) is 11.8 Å². The highest BCUT2D eigenvalue weighted by molar-refractivity contribution is 5.69. The molecular weight excluding hydrogens is 406 g/mol. The van der Waals surface area contributed by atoms with E-state index in [0.717, 1.165) is 29.7 Å². The number of aliphatic hydroxyl groups excluding tert-OH is 1. The van der Waals surface area contributed by atoms with Crippen molar-refractivity contribution in [1.82, 2.24) is 4.90 Å². The van der Waals surface area contributed by atoms with E-state index in [9.17, 15) is 4.79 Å². The highest BCUT2D eigenvalue weighted by atomic mass is 16.6. The highest BCUT2D eigenvalue weighted by Crippen LogP contribution is 2.23. The van der Waals surface area contributed by atoms with Crippen LogP contribution >= 0.6 is 0 Å². The first-order valence-electron chi connectivity index (χ1n) is 10.9. The van der Waals surface area contributed by atoms with E-state index in [1.807, 2.05) is 69.3 Å². The molecule has 1 fully saturated rings. The topological polar surface area (TPSA) is 68.2 Å². The number of ether oxygens (including phenoxy) is 3. The summed E-state index contributed by atoms with van der Waals surface area (Å²) in [5.74, 6) is 7.45. The molecule has 2 aromatic carbocycles.